The molecule has 2 amide bonds. The number of fused-ring (bicyclic) bond motifs is 1. The highest BCUT2D eigenvalue weighted by Gasteiger charge is 2.57. The molecule has 0 bridgehead atoms. The third kappa shape index (κ3) is 2.45. The van der Waals surface area contributed by atoms with Gasteiger partial charge in [0, 0.05) is 12.1 Å². The Morgan fingerprint density at radius 3 is 2.68 bits per heavy atom. The maximum Gasteiger partial charge on any atom is 0.319 e. The van der Waals surface area contributed by atoms with E-state index in [9.17, 15) is 14.4 Å². The Bertz CT molecular complexity index is 664. The van der Waals surface area contributed by atoms with Crippen LogP contribution >= 0.6 is 0 Å². The molecule has 3 rings (SSSR count). The summed E-state index contributed by atoms with van der Waals surface area (Å²) in [6, 6.07) is 5.36. The quantitative estimate of drug-likeness (QED) is 0.736. The van der Waals surface area contributed by atoms with Crippen LogP contribution < -0.4 is 10.6 Å². The third-order valence-electron chi connectivity index (χ3n) is 4.47. The van der Waals surface area contributed by atoms with Crippen molar-refractivity contribution in [2.45, 2.75) is 38.6 Å². The summed E-state index contributed by atoms with van der Waals surface area (Å²) in [5, 5.41) is 14.7. The molecule has 0 radical (unpaired) electrons. The zero-order valence-corrected chi connectivity index (χ0v) is 12.3. The normalized spacial score (nSPS) is 19.6. The van der Waals surface area contributed by atoms with Gasteiger partial charge in [-0.3, -0.25) is 14.4 Å². The predicted molar refractivity (Wildman–Crippen MR) is 79.3 cm³/mol. The number of carbonyl (C=O) groups is 3. The van der Waals surface area contributed by atoms with Crippen LogP contribution in [0.2, 0.25) is 0 Å². The van der Waals surface area contributed by atoms with Crippen molar-refractivity contribution in [1.29, 1.82) is 0 Å². The number of benzene rings is 1. The van der Waals surface area contributed by atoms with Crippen molar-refractivity contribution in [2.24, 2.45) is 5.41 Å². The second-order valence-corrected chi connectivity index (χ2v) is 6.05. The zero-order chi connectivity index (χ0) is 15.9. The van der Waals surface area contributed by atoms with E-state index in [4.69, 9.17) is 5.11 Å². The average molecular weight is 302 g/mol. The van der Waals surface area contributed by atoms with Crippen molar-refractivity contribution in [3.63, 3.8) is 0 Å². The maximum atomic E-state index is 12.1. The van der Waals surface area contributed by atoms with Gasteiger partial charge in [0.05, 0.1) is 6.04 Å². The molecule has 1 aromatic carbocycles. The lowest BCUT2D eigenvalue weighted by molar-refractivity contribution is -0.149. The SMILES string of the molecule is C[C@H](NC(=O)C1(C(=O)O)CC1)c1ccc2c(c1)CCC(=O)N2. The molecule has 0 spiro atoms. The maximum absolute atomic E-state index is 12.1. The standard InChI is InChI=1S/C16H18N2O4/c1-9(17-14(20)16(6-7-16)15(21)22)10-2-4-12-11(8-10)3-5-13(19)18-12/h2,4,8-9H,3,5-7H2,1H3,(H,17,20)(H,18,19)(H,21,22)/t9-/m0/s1. The Kier molecular flexibility index (Phi) is 3.39. The van der Waals surface area contributed by atoms with Crippen LogP contribution in [0, 0.1) is 5.41 Å². The van der Waals surface area contributed by atoms with Gasteiger partial charge in [-0.2, -0.15) is 0 Å². The van der Waals surface area contributed by atoms with Crippen molar-refractivity contribution < 1.29 is 19.5 Å². The van der Waals surface area contributed by atoms with Crippen LogP contribution in [-0.4, -0.2) is 22.9 Å². The van der Waals surface area contributed by atoms with Crippen molar-refractivity contribution >= 4 is 23.5 Å². The fraction of sp³-hybridized carbons (Fsp3) is 0.438. The number of nitrogens with one attached hydrogen (secondary N) is 2. The molecular formula is C16H18N2O4. The lowest BCUT2D eigenvalue weighted by atomic mass is 9.97. The molecule has 2 aliphatic rings. The predicted octanol–water partition coefficient (Wildman–Crippen LogP) is 1.61. The van der Waals surface area contributed by atoms with Crippen LogP contribution in [0.25, 0.3) is 0 Å². The smallest absolute Gasteiger partial charge is 0.319 e. The van der Waals surface area contributed by atoms with Crippen molar-refractivity contribution in [3.8, 4) is 0 Å². The Morgan fingerprint density at radius 1 is 1.32 bits per heavy atom. The highest BCUT2D eigenvalue weighted by molar-refractivity contribution is 6.05. The minimum absolute atomic E-state index is 0.0127. The summed E-state index contributed by atoms with van der Waals surface area (Å²) in [5.41, 5.74) is 1.53. The molecular weight excluding hydrogens is 284 g/mol. The van der Waals surface area contributed by atoms with E-state index in [1.165, 1.54) is 0 Å². The molecule has 1 heterocycles. The van der Waals surface area contributed by atoms with Crippen LogP contribution in [0.15, 0.2) is 18.2 Å². The first-order valence-electron chi connectivity index (χ1n) is 7.39. The Hall–Kier alpha value is -2.37. The number of carboxylic acid groups (broad SMARTS) is 1. The molecule has 116 valence electrons. The highest BCUT2D eigenvalue weighted by atomic mass is 16.4. The summed E-state index contributed by atoms with van der Waals surface area (Å²) in [6.07, 6.45) is 1.93. The van der Waals surface area contributed by atoms with E-state index in [1.807, 2.05) is 25.1 Å². The molecule has 22 heavy (non-hydrogen) atoms. The van der Waals surface area contributed by atoms with E-state index in [1.54, 1.807) is 0 Å². The first kappa shape index (κ1) is 14.6. The molecule has 1 fully saturated rings. The molecule has 6 heteroatoms. The monoisotopic (exact) mass is 302 g/mol. The molecule has 1 aromatic rings. The van der Waals surface area contributed by atoms with Crippen LogP contribution in [0.1, 0.15) is 43.4 Å². The number of rotatable bonds is 4. The van der Waals surface area contributed by atoms with Gasteiger partial charge in [-0.15, -0.1) is 0 Å². The lowest BCUT2D eigenvalue weighted by Gasteiger charge is -2.21. The van der Waals surface area contributed by atoms with Crippen molar-refractivity contribution in [2.75, 3.05) is 5.32 Å². The third-order valence-corrected chi connectivity index (χ3v) is 4.47. The number of anilines is 1. The molecule has 1 saturated carbocycles. The summed E-state index contributed by atoms with van der Waals surface area (Å²) >= 11 is 0. The summed E-state index contributed by atoms with van der Waals surface area (Å²) < 4.78 is 0. The van der Waals surface area contributed by atoms with Crippen LogP contribution in [0.4, 0.5) is 5.69 Å². The fourth-order valence-electron chi connectivity index (χ4n) is 2.75. The van der Waals surface area contributed by atoms with E-state index in [0.29, 0.717) is 25.7 Å². The second-order valence-electron chi connectivity index (χ2n) is 6.05. The largest absolute Gasteiger partial charge is 0.480 e. The number of hydrogen-bond donors (Lipinski definition) is 3. The second kappa shape index (κ2) is 5.12. The molecule has 0 aromatic heterocycles. The Labute approximate surface area is 127 Å². The van der Waals surface area contributed by atoms with Crippen LogP contribution in [0.5, 0.6) is 0 Å². The molecule has 6 nitrogen and oxygen atoms in total. The van der Waals surface area contributed by atoms with E-state index < -0.39 is 17.3 Å². The number of carboxylic acids is 1. The van der Waals surface area contributed by atoms with Gasteiger partial charge < -0.3 is 15.7 Å². The van der Waals surface area contributed by atoms with Crippen LogP contribution in [0.3, 0.4) is 0 Å². The van der Waals surface area contributed by atoms with E-state index in [0.717, 1.165) is 16.8 Å². The lowest BCUT2D eigenvalue weighted by Crippen LogP contribution is -2.38. The first-order chi connectivity index (χ1) is 10.4. The molecule has 1 aliphatic carbocycles. The van der Waals surface area contributed by atoms with Gasteiger partial charge in [-0.25, -0.2) is 0 Å². The number of amides is 2. The average Bonchev–Trinajstić information content (AvgIpc) is 3.28. The van der Waals surface area contributed by atoms with E-state index in [2.05, 4.69) is 10.6 Å². The van der Waals surface area contributed by atoms with Crippen LogP contribution in [-0.2, 0) is 20.8 Å². The zero-order valence-electron chi connectivity index (χ0n) is 12.3. The first-order valence-corrected chi connectivity index (χ1v) is 7.39. The van der Waals surface area contributed by atoms with Gasteiger partial charge in [0.15, 0.2) is 0 Å². The fourth-order valence-corrected chi connectivity index (χ4v) is 2.75. The Morgan fingerprint density at radius 2 is 2.05 bits per heavy atom. The minimum Gasteiger partial charge on any atom is -0.480 e. The molecule has 0 unspecified atom stereocenters. The molecule has 1 atom stereocenters. The highest BCUT2D eigenvalue weighted by Crippen LogP contribution is 2.46. The van der Waals surface area contributed by atoms with Gasteiger partial charge in [-0.05, 0) is 43.4 Å². The van der Waals surface area contributed by atoms with Gasteiger partial charge in [0.25, 0.3) is 0 Å². The van der Waals surface area contributed by atoms with E-state index in [-0.39, 0.29) is 11.9 Å². The summed E-state index contributed by atoms with van der Waals surface area (Å²) in [5.74, 6) is -1.46. The van der Waals surface area contributed by atoms with Gasteiger partial charge in [-0.1, -0.05) is 12.1 Å². The summed E-state index contributed by atoms with van der Waals surface area (Å²) in [6.45, 7) is 1.83. The minimum atomic E-state index is -1.23. The molecule has 3 N–H and O–H groups in total. The van der Waals surface area contributed by atoms with Gasteiger partial charge in [0.2, 0.25) is 11.8 Å². The summed E-state index contributed by atoms with van der Waals surface area (Å²) in [4.78, 5) is 34.6. The number of carbonyl (C=O) groups excluding carboxylic acids is 2. The van der Waals surface area contributed by atoms with Gasteiger partial charge in [0.1, 0.15) is 5.41 Å². The number of aliphatic carboxylic acids is 1. The topological polar surface area (TPSA) is 95.5 Å². The molecule has 1 aliphatic heterocycles. The summed E-state index contributed by atoms with van der Waals surface area (Å²) in [7, 11) is 0. The van der Waals surface area contributed by atoms with Gasteiger partial charge >= 0.3 is 5.97 Å². The Balaban J connectivity index is 1.73. The number of aryl methyl sites for hydroxylation is 1. The molecule has 0 saturated heterocycles. The van der Waals surface area contributed by atoms with E-state index >= 15 is 0 Å². The van der Waals surface area contributed by atoms with Crippen molar-refractivity contribution in [1.82, 2.24) is 5.32 Å². The van der Waals surface area contributed by atoms with Crippen molar-refractivity contribution in [3.05, 3.63) is 29.3 Å². The number of hydrogen-bond acceptors (Lipinski definition) is 3.